The molecule has 5 heteroatoms. The summed E-state index contributed by atoms with van der Waals surface area (Å²) in [6, 6.07) is 0. The Morgan fingerprint density at radius 3 is 1.38 bits per heavy atom. The minimum absolute atomic E-state index is 0.0684. The fraction of sp³-hybridized carbons (Fsp3) is 0.900. The maximum atomic E-state index is 12.7. The molecule has 0 bridgehead atoms. The monoisotopic (exact) mass is 636 g/mol. The number of allylic oxidation sites excluding steroid dienone is 2. The van der Waals surface area contributed by atoms with Crippen molar-refractivity contribution in [3.8, 4) is 0 Å². The lowest BCUT2D eigenvalue weighted by Crippen LogP contribution is -2.52. The highest BCUT2D eigenvalue weighted by molar-refractivity contribution is 5.69. The molecule has 0 fully saturated rings. The van der Waals surface area contributed by atoms with Crippen LogP contribution in [0.2, 0.25) is 0 Å². The number of carboxylic acid groups (broad SMARTS) is 1. The van der Waals surface area contributed by atoms with E-state index < -0.39 is 5.97 Å². The van der Waals surface area contributed by atoms with Crippen LogP contribution in [0.15, 0.2) is 12.2 Å². The molecular weight excluding hydrogens is 558 g/mol. The number of aliphatic carboxylic acids is 1. The Balaban J connectivity index is 4.06. The minimum atomic E-state index is -1.06. The van der Waals surface area contributed by atoms with Gasteiger partial charge in [0.1, 0.15) is 13.1 Å². The first-order valence-electron chi connectivity index (χ1n) is 19.7. The summed E-state index contributed by atoms with van der Waals surface area (Å²) >= 11 is 0. The maximum absolute atomic E-state index is 12.7. The first-order valence-corrected chi connectivity index (χ1v) is 19.7. The molecule has 0 N–H and O–H groups in total. The predicted molar refractivity (Wildman–Crippen MR) is 191 cm³/mol. The number of carboxylic acids is 1. The Kier molecular flexibility index (Phi) is 31.6. The number of unbranched alkanes of at least 4 members (excludes halogenated alkanes) is 24. The maximum Gasteiger partial charge on any atom is 0.306 e. The zero-order valence-corrected chi connectivity index (χ0v) is 30.7. The third-order valence-corrected chi connectivity index (χ3v) is 9.08. The van der Waals surface area contributed by atoms with Gasteiger partial charge in [-0.2, -0.15) is 0 Å². The van der Waals surface area contributed by atoms with Gasteiger partial charge in [0.25, 0.3) is 0 Å². The predicted octanol–water partition coefficient (Wildman–Crippen LogP) is 10.6. The molecule has 0 spiro atoms. The van der Waals surface area contributed by atoms with Crippen molar-refractivity contribution in [2.24, 2.45) is 0 Å². The molecule has 0 rings (SSSR count). The van der Waals surface area contributed by atoms with Crippen LogP contribution in [0, 0.1) is 0 Å². The molecule has 0 aromatic heterocycles. The van der Waals surface area contributed by atoms with Gasteiger partial charge in [0, 0.05) is 6.42 Å². The van der Waals surface area contributed by atoms with E-state index in [-0.39, 0.29) is 23.1 Å². The molecule has 0 aliphatic carbocycles. The highest BCUT2D eigenvalue weighted by Gasteiger charge is 2.25. The summed E-state index contributed by atoms with van der Waals surface area (Å²) in [7, 11) is 3.76. The summed E-state index contributed by atoms with van der Waals surface area (Å²) in [4.78, 5) is 23.9. The van der Waals surface area contributed by atoms with Crippen LogP contribution in [-0.2, 0) is 14.3 Å². The number of hydrogen-bond donors (Lipinski definition) is 0. The first kappa shape index (κ1) is 43.6. The van der Waals surface area contributed by atoms with Gasteiger partial charge in [-0.1, -0.05) is 161 Å². The summed E-state index contributed by atoms with van der Waals surface area (Å²) in [6.45, 7) is 4.99. The SMILES string of the molecule is CCCCCCCCC=CCCCCCCCC(=O)OC(CCCCCCCCCCCCCCCC)C[N+](C)(C)CC(=O)[O-]. The molecule has 0 saturated heterocycles. The van der Waals surface area contributed by atoms with Crippen LogP contribution in [0.5, 0.6) is 0 Å². The van der Waals surface area contributed by atoms with E-state index in [1.165, 1.54) is 141 Å². The Hall–Kier alpha value is -1.36. The Morgan fingerprint density at radius 1 is 0.578 bits per heavy atom. The van der Waals surface area contributed by atoms with Crippen LogP contribution in [0.1, 0.15) is 200 Å². The fourth-order valence-corrected chi connectivity index (χ4v) is 6.30. The van der Waals surface area contributed by atoms with Gasteiger partial charge in [-0.3, -0.25) is 4.79 Å². The molecule has 0 aliphatic heterocycles. The number of carbonyl (C=O) groups excluding carboxylic acids is 2. The lowest BCUT2D eigenvalue weighted by atomic mass is 10.0. The standard InChI is InChI=1S/C40H77NO4/c1-5-7-9-11-13-15-17-19-21-23-25-27-29-31-33-35-40(44)45-38(36-41(3,4)37-39(42)43)34-32-30-28-26-24-22-20-18-16-14-12-10-8-6-2/h19,21,38H,5-18,20,22-37H2,1-4H3. The van der Waals surface area contributed by atoms with Crippen molar-refractivity contribution < 1.29 is 23.9 Å². The largest absolute Gasteiger partial charge is 0.544 e. The molecule has 1 atom stereocenters. The second kappa shape index (κ2) is 32.6. The smallest absolute Gasteiger partial charge is 0.306 e. The van der Waals surface area contributed by atoms with E-state index in [4.69, 9.17) is 4.74 Å². The van der Waals surface area contributed by atoms with E-state index in [9.17, 15) is 14.7 Å². The molecule has 0 saturated carbocycles. The van der Waals surface area contributed by atoms with Gasteiger partial charge in [-0.05, 0) is 44.9 Å². The highest BCUT2D eigenvalue weighted by Crippen LogP contribution is 2.17. The topological polar surface area (TPSA) is 66.4 Å². The van der Waals surface area contributed by atoms with Gasteiger partial charge in [0.2, 0.25) is 0 Å². The van der Waals surface area contributed by atoms with Crippen molar-refractivity contribution in [2.45, 2.75) is 206 Å². The van der Waals surface area contributed by atoms with Crippen molar-refractivity contribution in [3.63, 3.8) is 0 Å². The molecule has 5 nitrogen and oxygen atoms in total. The second-order valence-corrected chi connectivity index (χ2v) is 14.5. The van der Waals surface area contributed by atoms with Gasteiger partial charge in [-0.15, -0.1) is 0 Å². The summed E-state index contributed by atoms with van der Waals surface area (Å²) in [5, 5.41) is 11.2. The minimum Gasteiger partial charge on any atom is -0.544 e. The Bertz CT molecular complexity index is 690. The zero-order valence-electron chi connectivity index (χ0n) is 30.7. The lowest BCUT2D eigenvalue weighted by Gasteiger charge is -2.33. The normalized spacial score (nSPS) is 12.6. The number of carbonyl (C=O) groups is 2. The van der Waals surface area contributed by atoms with Crippen molar-refractivity contribution in [1.29, 1.82) is 0 Å². The third-order valence-electron chi connectivity index (χ3n) is 9.08. The van der Waals surface area contributed by atoms with Crippen molar-refractivity contribution in [2.75, 3.05) is 27.2 Å². The molecule has 0 aromatic carbocycles. The molecule has 0 heterocycles. The number of ether oxygens (including phenoxy) is 1. The van der Waals surface area contributed by atoms with Gasteiger partial charge < -0.3 is 19.1 Å². The molecule has 1 unspecified atom stereocenters. The van der Waals surface area contributed by atoms with Crippen LogP contribution in [0.25, 0.3) is 0 Å². The highest BCUT2D eigenvalue weighted by atomic mass is 16.5. The van der Waals surface area contributed by atoms with E-state index in [1.807, 2.05) is 14.1 Å². The summed E-state index contributed by atoms with van der Waals surface area (Å²) in [5.41, 5.74) is 0. The fourth-order valence-electron chi connectivity index (χ4n) is 6.30. The molecule has 0 aliphatic rings. The summed E-state index contributed by atoms with van der Waals surface area (Å²) in [6.07, 6.45) is 40.2. The van der Waals surface area contributed by atoms with Crippen LogP contribution < -0.4 is 5.11 Å². The van der Waals surface area contributed by atoms with Crippen LogP contribution in [-0.4, -0.2) is 49.7 Å². The van der Waals surface area contributed by atoms with Crippen molar-refractivity contribution in [3.05, 3.63) is 12.2 Å². The molecule has 45 heavy (non-hydrogen) atoms. The number of hydrogen-bond acceptors (Lipinski definition) is 4. The number of rotatable bonds is 35. The van der Waals surface area contributed by atoms with Gasteiger partial charge in [0.15, 0.2) is 6.10 Å². The zero-order chi connectivity index (χ0) is 33.3. The Morgan fingerprint density at radius 2 is 0.956 bits per heavy atom. The number of likely N-dealkylation sites (N-methyl/N-ethyl adjacent to an activating group) is 1. The number of quaternary nitrogens is 1. The van der Waals surface area contributed by atoms with E-state index >= 15 is 0 Å². The van der Waals surface area contributed by atoms with Crippen LogP contribution in [0.3, 0.4) is 0 Å². The second-order valence-electron chi connectivity index (χ2n) is 14.5. The van der Waals surface area contributed by atoms with E-state index in [1.54, 1.807) is 0 Å². The molecule has 0 radical (unpaired) electrons. The average Bonchev–Trinajstić information content (AvgIpc) is 2.98. The van der Waals surface area contributed by atoms with Gasteiger partial charge in [-0.25, -0.2) is 0 Å². The third kappa shape index (κ3) is 33.8. The van der Waals surface area contributed by atoms with E-state index in [0.717, 1.165) is 38.5 Å². The first-order chi connectivity index (χ1) is 21.8. The van der Waals surface area contributed by atoms with E-state index in [2.05, 4.69) is 26.0 Å². The number of nitrogens with zero attached hydrogens (tertiary/aromatic N) is 1. The summed E-state index contributed by atoms with van der Waals surface area (Å²) in [5.74, 6) is -1.19. The van der Waals surface area contributed by atoms with Crippen LogP contribution >= 0.6 is 0 Å². The average molecular weight is 636 g/mol. The molecular formula is C40H77NO4. The molecule has 0 aromatic rings. The summed E-state index contributed by atoms with van der Waals surface area (Å²) < 4.78 is 6.19. The quantitative estimate of drug-likeness (QED) is 0.0301. The lowest BCUT2D eigenvalue weighted by molar-refractivity contribution is -0.887. The molecule has 266 valence electrons. The van der Waals surface area contributed by atoms with Crippen molar-refractivity contribution in [1.82, 2.24) is 0 Å². The van der Waals surface area contributed by atoms with Gasteiger partial charge in [0.05, 0.1) is 20.1 Å². The van der Waals surface area contributed by atoms with Crippen molar-refractivity contribution >= 4 is 11.9 Å². The number of esters is 1. The van der Waals surface area contributed by atoms with Gasteiger partial charge >= 0.3 is 5.97 Å². The van der Waals surface area contributed by atoms with Crippen LogP contribution in [0.4, 0.5) is 0 Å². The molecule has 0 amide bonds. The van der Waals surface area contributed by atoms with E-state index in [0.29, 0.717) is 13.0 Å². The Labute approximate surface area is 280 Å².